The van der Waals surface area contributed by atoms with E-state index in [2.05, 4.69) is 5.32 Å². The van der Waals surface area contributed by atoms with Crippen LogP contribution in [-0.2, 0) is 14.3 Å². The molecular weight excluding hydrogens is 222 g/mol. The summed E-state index contributed by atoms with van der Waals surface area (Å²) >= 11 is 0. The third-order valence-corrected chi connectivity index (χ3v) is 1.81. The molecule has 0 rings (SSSR count). The molecule has 0 aromatic carbocycles. The van der Waals surface area contributed by atoms with Gasteiger partial charge in [0.15, 0.2) is 0 Å². The van der Waals surface area contributed by atoms with Gasteiger partial charge < -0.3 is 14.8 Å². The molecule has 0 radical (unpaired) electrons. The second-order valence-electron chi connectivity index (χ2n) is 5.00. The Hall–Kier alpha value is -1.26. The van der Waals surface area contributed by atoms with Crippen LogP contribution in [0.4, 0.5) is 4.79 Å². The molecule has 1 amide bonds. The van der Waals surface area contributed by atoms with E-state index in [0.29, 0.717) is 19.6 Å². The summed E-state index contributed by atoms with van der Waals surface area (Å²) in [4.78, 5) is 22.5. The van der Waals surface area contributed by atoms with Crippen LogP contribution in [0.15, 0.2) is 0 Å². The van der Waals surface area contributed by atoms with Gasteiger partial charge in [0, 0.05) is 13.0 Å². The lowest BCUT2D eigenvalue weighted by molar-refractivity contribution is -0.144. The van der Waals surface area contributed by atoms with Crippen molar-refractivity contribution in [3.05, 3.63) is 0 Å². The largest absolute Gasteiger partial charge is 0.466 e. The minimum absolute atomic E-state index is 0.0292. The van der Waals surface area contributed by atoms with Crippen molar-refractivity contribution in [2.24, 2.45) is 5.92 Å². The van der Waals surface area contributed by atoms with Crippen LogP contribution in [-0.4, -0.2) is 30.8 Å². The summed E-state index contributed by atoms with van der Waals surface area (Å²) in [6.45, 7) is 9.81. The summed E-state index contributed by atoms with van der Waals surface area (Å²) in [5, 5.41) is 2.62. The normalized spacial score (nSPS) is 12.8. The molecule has 1 N–H and O–H groups in total. The van der Waals surface area contributed by atoms with Crippen LogP contribution in [0.25, 0.3) is 0 Å². The zero-order chi connectivity index (χ0) is 13.5. The molecule has 0 aromatic rings. The highest BCUT2D eigenvalue weighted by Gasteiger charge is 2.17. The van der Waals surface area contributed by atoms with E-state index < -0.39 is 11.7 Å². The number of rotatable bonds is 5. The zero-order valence-electron chi connectivity index (χ0n) is 11.3. The maximum absolute atomic E-state index is 11.3. The van der Waals surface area contributed by atoms with Crippen molar-refractivity contribution in [3.63, 3.8) is 0 Å². The average Bonchev–Trinajstić information content (AvgIpc) is 2.12. The van der Waals surface area contributed by atoms with Crippen molar-refractivity contribution >= 4 is 12.1 Å². The highest BCUT2D eigenvalue weighted by atomic mass is 16.6. The quantitative estimate of drug-likeness (QED) is 0.753. The predicted molar refractivity (Wildman–Crippen MR) is 64.7 cm³/mol. The fourth-order valence-corrected chi connectivity index (χ4v) is 1.15. The Kier molecular flexibility index (Phi) is 6.61. The van der Waals surface area contributed by atoms with Gasteiger partial charge in [-0.1, -0.05) is 6.92 Å². The molecule has 0 aliphatic rings. The van der Waals surface area contributed by atoms with Crippen molar-refractivity contribution in [2.45, 2.75) is 46.6 Å². The molecular formula is C12H23NO4. The fourth-order valence-electron chi connectivity index (χ4n) is 1.15. The molecule has 17 heavy (non-hydrogen) atoms. The number of ether oxygens (including phenoxy) is 2. The third kappa shape index (κ3) is 9.66. The van der Waals surface area contributed by atoms with Crippen LogP contribution in [0.1, 0.15) is 41.0 Å². The predicted octanol–water partition coefficient (Wildman–Crippen LogP) is 2.10. The molecule has 0 bridgehead atoms. The minimum atomic E-state index is -0.505. The molecule has 0 saturated carbocycles. The molecule has 0 aliphatic carbocycles. The van der Waals surface area contributed by atoms with Crippen molar-refractivity contribution < 1.29 is 19.1 Å². The molecule has 0 aliphatic heterocycles. The Morgan fingerprint density at radius 1 is 1.29 bits per heavy atom. The molecule has 0 aromatic heterocycles. The molecule has 5 nitrogen and oxygen atoms in total. The Morgan fingerprint density at radius 3 is 2.35 bits per heavy atom. The van der Waals surface area contributed by atoms with E-state index in [9.17, 15) is 9.59 Å². The number of carbonyl (C=O) groups excluding carboxylic acids is 2. The van der Waals surface area contributed by atoms with Gasteiger partial charge in [0.1, 0.15) is 5.60 Å². The lowest BCUT2D eigenvalue weighted by Crippen LogP contribution is -2.35. The van der Waals surface area contributed by atoms with Gasteiger partial charge in [0.05, 0.1) is 6.61 Å². The smallest absolute Gasteiger partial charge is 0.407 e. The van der Waals surface area contributed by atoms with E-state index >= 15 is 0 Å². The highest BCUT2D eigenvalue weighted by Crippen LogP contribution is 2.07. The maximum atomic E-state index is 11.3. The lowest BCUT2D eigenvalue weighted by atomic mass is 10.1. The number of nitrogens with one attached hydrogen (secondary N) is 1. The Labute approximate surface area is 103 Å². The van der Waals surface area contributed by atoms with Crippen molar-refractivity contribution in [2.75, 3.05) is 13.2 Å². The van der Waals surface area contributed by atoms with Crippen LogP contribution in [0.5, 0.6) is 0 Å². The van der Waals surface area contributed by atoms with Gasteiger partial charge in [-0.15, -0.1) is 0 Å². The number of esters is 1. The summed E-state index contributed by atoms with van der Waals surface area (Å²) in [7, 11) is 0. The summed E-state index contributed by atoms with van der Waals surface area (Å²) in [6.07, 6.45) is -0.169. The lowest BCUT2D eigenvalue weighted by Gasteiger charge is -2.20. The first-order chi connectivity index (χ1) is 7.74. The van der Waals surface area contributed by atoms with Gasteiger partial charge in [-0.05, 0) is 33.6 Å². The molecule has 0 spiro atoms. The maximum Gasteiger partial charge on any atom is 0.407 e. The van der Waals surface area contributed by atoms with Crippen LogP contribution in [0, 0.1) is 5.92 Å². The van der Waals surface area contributed by atoms with Gasteiger partial charge >= 0.3 is 12.1 Å². The number of carbonyl (C=O) groups is 2. The minimum Gasteiger partial charge on any atom is -0.466 e. The van der Waals surface area contributed by atoms with Crippen molar-refractivity contribution in [3.8, 4) is 0 Å². The van der Waals surface area contributed by atoms with Crippen LogP contribution < -0.4 is 5.32 Å². The van der Waals surface area contributed by atoms with Gasteiger partial charge in [-0.2, -0.15) is 0 Å². The van der Waals surface area contributed by atoms with E-state index in [4.69, 9.17) is 9.47 Å². The molecule has 1 atom stereocenters. The number of hydrogen-bond acceptors (Lipinski definition) is 4. The molecule has 0 heterocycles. The molecule has 0 unspecified atom stereocenters. The van der Waals surface area contributed by atoms with Gasteiger partial charge in [-0.3, -0.25) is 4.79 Å². The number of amides is 1. The highest BCUT2D eigenvalue weighted by molar-refractivity contribution is 5.70. The number of alkyl carbamates (subject to hydrolysis) is 1. The first-order valence-corrected chi connectivity index (χ1v) is 5.87. The molecule has 5 heteroatoms. The summed E-state index contributed by atoms with van der Waals surface area (Å²) < 4.78 is 9.89. The molecule has 0 saturated heterocycles. The summed E-state index contributed by atoms with van der Waals surface area (Å²) in [6, 6.07) is 0. The van der Waals surface area contributed by atoms with Crippen LogP contribution in [0.3, 0.4) is 0 Å². The number of hydrogen-bond donors (Lipinski definition) is 1. The second kappa shape index (κ2) is 7.14. The molecule has 100 valence electrons. The SMILES string of the molecule is CCOC(=O)C[C@@H](C)CNC(=O)OC(C)(C)C. The standard InChI is InChI=1S/C12H23NO4/c1-6-16-10(14)7-9(2)8-13-11(15)17-12(3,4)5/h9H,6-8H2,1-5H3,(H,13,15)/t9-/m1/s1. The van der Waals surface area contributed by atoms with Crippen LogP contribution >= 0.6 is 0 Å². The van der Waals surface area contributed by atoms with Gasteiger partial charge in [-0.25, -0.2) is 4.79 Å². The van der Waals surface area contributed by atoms with E-state index in [1.54, 1.807) is 27.7 Å². The first-order valence-electron chi connectivity index (χ1n) is 5.87. The summed E-state index contributed by atoms with van der Waals surface area (Å²) in [5.41, 5.74) is -0.505. The van der Waals surface area contributed by atoms with E-state index in [-0.39, 0.29) is 11.9 Å². The van der Waals surface area contributed by atoms with E-state index in [1.165, 1.54) is 0 Å². The Bertz CT molecular complexity index is 258. The van der Waals surface area contributed by atoms with E-state index in [1.807, 2.05) is 6.92 Å². The van der Waals surface area contributed by atoms with Gasteiger partial charge in [0.25, 0.3) is 0 Å². The zero-order valence-corrected chi connectivity index (χ0v) is 11.3. The Balaban J connectivity index is 3.80. The fraction of sp³-hybridized carbons (Fsp3) is 0.833. The van der Waals surface area contributed by atoms with E-state index in [0.717, 1.165) is 0 Å². The second-order valence-corrected chi connectivity index (χ2v) is 5.00. The van der Waals surface area contributed by atoms with Crippen molar-refractivity contribution in [1.29, 1.82) is 0 Å². The van der Waals surface area contributed by atoms with Gasteiger partial charge in [0.2, 0.25) is 0 Å². The monoisotopic (exact) mass is 245 g/mol. The molecule has 0 fully saturated rings. The topological polar surface area (TPSA) is 64.6 Å². The third-order valence-electron chi connectivity index (χ3n) is 1.81. The summed E-state index contributed by atoms with van der Waals surface area (Å²) in [5.74, 6) is -0.215. The van der Waals surface area contributed by atoms with Crippen LogP contribution in [0.2, 0.25) is 0 Å². The average molecular weight is 245 g/mol. The first kappa shape index (κ1) is 15.7. The Morgan fingerprint density at radius 2 is 1.88 bits per heavy atom. The van der Waals surface area contributed by atoms with Crippen molar-refractivity contribution in [1.82, 2.24) is 5.32 Å².